The Hall–Kier alpha value is -2.29. The first-order valence-corrected chi connectivity index (χ1v) is 8.75. The molecule has 2 aromatic rings. The van der Waals surface area contributed by atoms with Gasteiger partial charge in [0.1, 0.15) is 0 Å². The lowest BCUT2D eigenvalue weighted by Gasteiger charge is -2.26. The van der Waals surface area contributed by atoms with Gasteiger partial charge in [-0.2, -0.15) is 0 Å². The van der Waals surface area contributed by atoms with E-state index in [4.69, 9.17) is 8.83 Å². The summed E-state index contributed by atoms with van der Waals surface area (Å²) in [7, 11) is 0. The van der Waals surface area contributed by atoms with Crippen molar-refractivity contribution in [2.24, 2.45) is 0 Å². The highest BCUT2D eigenvalue weighted by Gasteiger charge is 2.18. The number of thioether (sulfide) groups is 1. The summed E-state index contributed by atoms with van der Waals surface area (Å²) in [6, 6.07) is 3.20. The lowest BCUT2D eigenvalue weighted by molar-refractivity contribution is -0.129. The van der Waals surface area contributed by atoms with E-state index >= 15 is 0 Å². The van der Waals surface area contributed by atoms with Crippen molar-refractivity contribution in [1.29, 1.82) is 0 Å². The minimum atomic E-state index is -0.354. The molecule has 1 aliphatic rings. The number of hydrogen-bond acceptors (Lipinski definition) is 7. The Balaban J connectivity index is 1.43. The Morgan fingerprint density at radius 2 is 2.08 bits per heavy atom. The fraction of sp³-hybridized carbons (Fsp3) is 0.467. The molecule has 128 valence electrons. The minimum Gasteiger partial charge on any atom is -0.459 e. The van der Waals surface area contributed by atoms with Crippen molar-refractivity contribution in [3.8, 4) is 0 Å². The molecule has 24 heavy (non-hydrogen) atoms. The van der Waals surface area contributed by atoms with Crippen LogP contribution in [0.1, 0.15) is 35.7 Å². The van der Waals surface area contributed by atoms with Crippen molar-refractivity contribution in [2.45, 2.75) is 31.0 Å². The highest BCUT2D eigenvalue weighted by molar-refractivity contribution is 7.99. The van der Waals surface area contributed by atoms with Crippen LogP contribution in [-0.4, -0.2) is 45.8 Å². The lowest BCUT2D eigenvalue weighted by Crippen LogP contribution is -2.36. The quantitative estimate of drug-likeness (QED) is 0.791. The van der Waals surface area contributed by atoms with Gasteiger partial charge in [-0.25, -0.2) is 0 Å². The summed E-state index contributed by atoms with van der Waals surface area (Å²) < 4.78 is 10.4. The van der Waals surface area contributed by atoms with E-state index in [1.165, 1.54) is 24.4 Å². The molecule has 0 bridgehead atoms. The zero-order valence-corrected chi connectivity index (χ0v) is 13.9. The van der Waals surface area contributed by atoms with Gasteiger partial charge in [0.25, 0.3) is 11.1 Å². The third-order valence-electron chi connectivity index (χ3n) is 3.62. The zero-order valence-electron chi connectivity index (χ0n) is 13.1. The van der Waals surface area contributed by atoms with E-state index in [-0.39, 0.29) is 35.8 Å². The van der Waals surface area contributed by atoms with Crippen LogP contribution < -0.4 is 5.32 Å². The predicted octanol–water partition coefficient (Wildman–Crippen LogP) is 1.70. The maximum Gasteiger partial charge on any atom is 0.287 e. The Bertz CT molecular complexity index is 679. The maximum atomic E-state index is 12.1. The molecule has 1 N–H and O–H groups in total. The van der Waals surface area contributed by atoms with Crippen molar-refractivity contribution in [2.75, 3.05) is 18.8 Å². The molecule has 0 aromatic carbocycles. The number of nitrogens with zero attached hydrogens (tertiary/aromatic N) is 3. The van der Waals surface area contributed by atoms with E-state index < -0.39 is 0 Å². The van der Waals surface area contributed by atoms with Gasteiger partial charge in [0.2, 0.25) is 11.8 Å². The van der Waals surface area contributed by atoms with Gasteiger partial charge in [0.05, 0.1) is 18.6 Å². The van der Waals surface area contributed by atoms with Crippen molar-refractivity contribution in [3.63, 3.8) is 0 Å². The van der Waals surface area contributed by atoms with Crippen LogP contribution in [0.25, 0.3) is 0 Å². The van der Waals surface area contributed by atoms with Crippen LogP contribution in [0.15, 0.2) is 32.5 Å². The summed E-state index contributed by atoms with van der Waals surface area (Å²) in [5.41, 5.74) is 0. The summed E-state index contributed by atoms with van der Waals surface area (Å²) >= 11 is 1.21. The number of likely N-dealkylation sites (tertiary alicyclic amines) is 1. The largest absolute Gasteiger partial charge is 0.459 e. The molecule has 2 aromatic heterocycles. The van der Waals surface area contributed by atoms with Gasteiger partial charge in [0, 0.05) is 13.1 Å². The molecular weight excluding hydrogens is 332 g/mol. The Morgan fingerprint density at radius 3 is 2.83 bits per heavy atom. The van der Waals surface area contributed by atoms with Gasteiger partial charge in [-0.15, -0.1) is 10.2 Å². The van der Waals surface area contributed by atoms with E-state index in [1.807, 2.05) is 4.90 Å². The number of carbonyl (C=O) groups is 2. The second kappa shape index (κ2) is 8.00. The fourth-order valence-electron chi connectivity index (χ4n) is 2.38. The molecule has 0 unspecified atom stereocenters. The number of rotatable bonds is 6. The standard InChI is InChI=1S/C15H18N4O4S/c20-13(19-6-2-1-3-7-19)10-24-15-18-17-12(23-15)9-16-14(21)11-5-4-8-22-11/h4-5,8H,1-3,6-7,9-10H2,(H,16,21). The van der Waals surface area contributed by atoms with Gasteiger partial charge in [-0.1, -0.05) is 11.8 Å². The molecule has 0 aliphatic carbocycles. The maximum absolute atomic E-state index is 12.1. The van der Waals surface area contributed by atoms with E-state index in [0.717, 1.165) is 25.9 Å². The molecule has 0 atom stereocenters. The van der Waals surface area contributed by atoms with Crippen LogP contribution in [0.5, 0.6) is 0 Å². The van der Waals surface area contributed by atoms with Gasteiger partial charge in [-0.05, 0) is 31.4 Å². The van der Waals surface area contributed by atoms with Crippen LogP contribution in [0.4, 0.5) is 0 Å². The molecule has 8 nitrogen and oxygen atoms in total. The summed E-state index contributed by atoms with van der Waals surface area (Å²) in [6.07, 6.45) is 4.75. The van der Waals surface area contributed by atoms with Crippen LogP contribution in [0.3, 0.4) is 0 Å². The molecule has 9 heteroatoms. The van der Waals surface area contributed by atoms with Crippen LogP contribution in [-0.2, 0) is 11.3 Å². The topological polar surface area (TPSA) is 101 Å². The highest BCUT2D eigenvalue weighted by Crippen LogP contribution is 2.18. The first-order valence-electron chi connectivity index (χ1n) is 7.77. The van der Waals surface area contributed by atoms with E-state index in [2.05, 4.69) is 15.5 Å². The SMILES string of the molecule is O=C(NCc1nnc(SCC(=O)N2CCCCC2)o1)c1ccco1. The molecular formula is C15H18N4O4S. The number of hydrogen-bond donors (Lipinski definition) is 1. The third-order valence-corrected chi connectivity index (χ3v) is 4.42. The summed E-state index contributed by atoms with van der Waals surface area (Å²) in [6.45, 7) is 1.76. The van der Waals surface area contributed by atoms with Crippen molar-refractivity contribution in [1.82, 2.24) is 20.4 Å². The van der Waals surface area contributed by atoms with Crippen molar-refractivity contribution >= 4 is 23.6 Å². The van der Waals surface area contributed by atoms with Crippen LogP contribution in [0, 0.1) is 0 Å². The zero-order chi connectivity index (χ0) is 16.8. The predicted molar refractivity (Wildman–Crippen MR) is 85.3 cm³/mol. The van der Waals surface area contributed by atoms with Crippen molar-refractivity contribution in [3.05, 3.63) is 30.0 Å². The van der Waals surface area contributed by atoms with Crippen LogP contribution in [0.2, 0.25) is 0 Å². The van der Waals surface area contributed by atoms with Crippen molar-refractivity contribution < 1.29 is 18.4 Å². The molecule has 3 heterocycles. The number of nitrogens with one attached hydrogen (secondary N) is 1. The van der Waals surface area contributed by atoms with E-state index in [1.54, 1.807) is 12.1 Å². The average molecular weight is 350 g/mol. The van der Waals surface area contributed by atoms with E-state index in [0.29, 0.717) is 5.22 Å². The smallest absolute Gasteiger partial charge is 0.287 e. The molecule has 0 radical (unpaired) electrons. The van der Waals surface area contributed by atoms with Gasteiger partial charge in [-0.3, -0.25) is 9.59 Å². The van der Waals surface area contributed by atoms with Gasteiger partial charge >= 0.3 is 0 Å². The summed E-state index contributed by atoms with van der Waals surface area (Å²) in [5, 5.41) is 10.7. The van der Waals surface area contributed by atoms with E-state index in [9.17, 15) is 9.59 Å². The highest BCUT2D eigenvalue weighted by atomic mass is 32.2. The molecule has 1 fully saturated rings. The molecule has 0 saturated carbocycles. The first-order chi connectivity index (χ1) is 11.7. The minimum absolute atomic E-state index is 0.0885. The average Bonchev–Trinajstić information content (AvgIpc) is 3.30. The molecule has 1 aliphatic heterocycles. The molecule has 2 amide bonds. The normalized spacial score (nSPS) is 14.6. The third kappa shape index (κ3) is 4.38. The molecule has 0 spiro atoms. The first kappa shape index (κ1) is 16.6. The lowest BCUT2D eigenvalue weighted by atomic mass is 10.1. The van der Waals surface area contributed by atoms with Gasteiger partial charge < -0.3 is 19.1 Å². The second-order valence-electron chi connectivity index (χ2n) is 5.35. The molecule has 1 saturated heterocycles. The van der Waals surface area contributed by atoms with Crippen LogP contribution >= 0.6 is 11.8 Å². The number of aromatic nitrogens is 2. The fourth-order valence-corrected chi connectivity index (χ4v) is 3.06. The second-order valence-corrected chi connectivity index (χ2v) is 6.28. The number of carbonyl (C=O) groups excluding carboxylic acids is 2. The number of amides is 2. The summed E-state index contributed by atoms with van der Waals surface area (Å²) in [5.74, 6) is 0.512. The number of piperidine rings is 1. The van der Waals surface area contributed by atoms with Gasteiger partial charge in [0.15, 0.2) is 5.76 Å². The molecule has 3 rings (SSSR count). The Morgan fingerprint density at radius 1 is 1.25 bits per heavy atom. The number of furan rings is 1. The summed E-state index contributed by atoms with van der Waals surface area (Å²) in [4.78, 5) is 25.7. The Kier molecular flexibility index (Phi) is 5.52. The monoisotopic (exact) mass is 350 g/mol. The Labute approximate surface area is 143 Å².